The molecule has 3 N–H and O–H groups in total. The van der Waals surface area contributed by atoms with Gasteiger partial charge in [0.2, 0.25) is 5.91 Å². The highest BCUT2D eigenvalue weighted by Gasteiger charge is 2.27. The van der Waals surface area contributed by atoms with Crippen LogP contribution in [-0.2, 0) is 4.79 Å². The second-order valence-electron chi connectivity index (χ2n) is 4.44. The van der Waals surface area contributed by atoms with Crippen LogP contribution in [0.2, 0.25) is 0 Å². The molecule has 0 fully saturated rings. The molecule has 1 aromatic heterocycles. The first kappa shape index (κ1) is 14.9. The molecule has 18 heavy (non-hydrogen) atoms. The molecule has 1 heterocycles. The van der Waals surface area contributed by atoms with Gasteiger partial charge in [0.05, 0.1) is 5.54 Å². The molecule has 0 aliphatic rings. The summed E-state index contributed by atoms with van der Waals surface area (Å²) in [6, 6.07) is 0. The standard InChI is InChI=1S/C12H20N4OS/c1-9-7-15-11(16-8-9)18-6-4-5-12(2,14-3)10(13)17/h7-8,14H,4-6H2,1-3H3,(H2,13,17). The molecule has 1 atom stereocenters. The van der Waals surface area contributed by atoms with Gasteiger partial charge in [-0.05, 0) is 39.3 Å². The number of hydrogen-bond acceptors (Lipinski definition) is 5. The van der Waals surface area contributed by atoms with Crippen LogP contribution < -0.4 is 11.1 Å². The largest absolute Gasteiger partial charge is 0.368 e. The molecule has 0 bridgehead atoms. The van der Waals surface area contributed by atoms with Gasteiger partial charge in [0.25, 0.3) is 0 Å². The number of amides is 1. The summed E-state index contributed by atoms with van der Waals surface area (Å²) in [5, 5.41) is 3.74. The van der Waals surface area contributed by atoms with Crippen molar-refractivity contribution in [1.29, 1.82) is 0 Å². The Morgan fingerprint density at radius 2 is 2.11 bits per heavy atom. The molecule has 1 aromatic rings. The Morgan fingerprint density at radius 1 is 1.50 bits per heavy atom. The van der Waals surface area contributed by atoms with Gasteiger partial charge in [-0.2, -0.15) is 0 Å². The number of primary amides is 1. The second kappa shape index (κ2) is 6.70. The summed E-state index contributed by atoms with van der Waals surface area (Å²) < 4.78 is 0. The molecule has 1 amide bonds. The van der Waals surface area contributed by atoms with Crippen LogP contribution in [0.5, 0.6) is 0 Å². The Labute approximate surface area is 112 Å². The lowest BCUT2D eigenvalue weighted by molar-refractivity contribution is -0.123. The van der Waals surface area contributed by atoms with Crippen molar-refractivity contribution in [3.63, 3.8) is 0 Å². The Bertz CT molecular complexity index is 396. The van der Waals surface area contributed by atoms with E-state index in [9.17, 15) is 4.79 Å². The maximum atomic E-state index is 11.3. The van der Waals surface area contributed by atoms with Crippen molar-refractivity contribution in [1.82, 2.24) is 15.3 Å². The minimum absolute atomic E-state index is 0.318. The molecule has 5 nitrogen and oxygen atoms in total. The van der Waals surface area contributed by atoms with Gasteiger partial charge in [0.15, 0.2) is 5.16 Å². The third-order valence-electron chi connectivity index (χ3n) is 2.91. The molecule has 0 aliphatic heterocycles. The van der Waals surface area contributed by atoms with Gasteiger partial charge < -0.3 is 11.1 Å². The van der Waals surface area contributed by atoms with Crippen molar-refractivity contribution < 1.29 is 4.79 Å². The molecule has 1 rings (SSSR count). The predicted molar refractivity (Wildman–Crippen MR) is 73.4 cm³/mol. The van der Waals surface area contributed by atoms with Crippen LogP contribution in [-0.4, -0.2) is 34.2 Å². The second-order valence-corrected chi connectivity index (χ2v) is 5.50. The number of aromatic nitrogens is 2. The highest BCUT2D eigenvalue weighted by molar-refractivity contribution is 7.99. The van der Waals surface area contributed by atoms with Crippen LogP contribution in [0.25, 0.3) is 0 Å². The summed E-state index contributed by atoms with van der Waals surface area (Å²) in [4.78, 5) is 19.7. The van der Waals surface area contributed by atoms with Crippen LogP contribution in [0.4, 0.5) is 0 Å². The van der Waals surface area contributed by atoms with Crippen molar-refractivity contribution in [2.45, 2.75) is 37.4 Å². The molecule has 6 heteroatoms. The summed E-state index contributed by atoms with van der Waals surface area (Å²) in [6.45, 7) is 3.78. The normalized spacial score (nSPS) is 14.2. The van der Waals surface area contributed by atoms with Crippen LogP contribution in [0.1, 0.15) is 25.3 Å². The highest BCUT2D eigenvalue weighted by Crippen LogP contribution is 2.18. The average molecular weight is 268 g/mol. The first-order chi connectivity index (χ1) is 8.48. The number of nitrogens with two attached hydrogens (primary N) is 1. The van der Waals surface area contributed by atoms with E-state index < -0.39 is 5.54 Å². The predicted octanol–water partition coefficient (Wildman–Crippen LogP) is 1.12. The number of thioether (sulfide) groups is 1. The minimum Gasteiger partial charge on any atom is -0.368 e. The van der Waals surface area contributed by atoms with Crippen LogP contribution >= 0.6 is 11.8 Å². The maximum absolute atomic E-state index is 11.3. The average Bonchev–Trinajstić information content (AvgIpc) is 2.36. The molecule has 0 aliphatic carbocycles. The lowest BCUT2D eigenvalue weighted by atomic mass is 9.96. The fraction of sp³-hybridized carbons (Fsp3) is 0.583. The summed E-state index contributed by atoms with van der Waals surface area (Å²) in [7, 11) is 1.75. The van der Waals surface area contributed by atoms with Gasteiger partial charge in [0.1, 0.15) is 0 Å². The molecular formula is C12H20N4OS. The van der Waals surface area contributed by atoms with E-state index in [0.29, 0.717) is 6.42 Å². The number of rotatable bonds is 7. The maximum Gasteiger partial charge on any atom is 0.237 e. The molecule has 0 radical (unpaired) electrons. The molecule has 100 valence electrons. The number of likely N-dealkylation sites (N-methyl/N-ethyl adjacent to an activating group) is 1. The molecular weight excluding hydrogens is 248 g/mol. The van der Waals surface area contributed by atoms with E-state index in [1.54, 1.807) is 31.2 Å². The Hall–Kier alpha value is -1.14. The third-order valence-corrected chi connectivity index (χ3v) is 3.87. The van der Waals surface area contributed by atoms with Gasteiger partial charge >= 0.3 is 0 Å². The lowest BCUT2D eigenvalue weighted by Crippen LogP contribution is -2.51. The lowest BCUT2D eigenvalue weighted by Gasteiger charge is -2.25. The topological polar surface area (TPSA) is 80.9 Å². The van der Waals surface area contributed by atoms with Crippen molar-refractivity contribution in [2.24, 2.45) is 5.73 Å². The van der Waals surface area contributed by atoms with E-state index in [1.807, 2.05) is 13.8 Å². The van der Waals surface area contributed by atoms with Crippen molar-refractivity contribution in [3.8, 4) is 0 Å². The van der Waals surface area contributed by atoms with Crippen molar-refractivity contribution in [3.05, 3.63) is 18.0 Å². The van der Waals surface area contributed by atoms with E-state index in [0.717, 1.165) is 22.9 Å². The molecule has 0 saturated heterocycles. The zero-order chi connectivity index (χ0) is 13.6. The van der Waals surface area contributed by atoms with E-state index in [1.165, 1.54) is 0 Å². The van der Waals surface area contributed by atoms with Gasteiger partial charge in [-0.1, -0.05) is 11.8 Å². The Morgan fingerprint density at radius 3 is 2.61 bits per heavy atom. The van der Waals surface area contributed by atoms with Crippen LogP contribution in [0.15, 0.2) is 17.6 Å². The quantitative estimate of drug-likeness (QED) is 0.440. The van der Waals surface area contributed by atoms with Gasteiger partial charge in [-0.25, -0.2) is 9.97 Å². The van der Waals surface area contributed by atoms with E-state index in [-0.39, 0.29) is 5.91 Å². The molecule has 0 aromatic carbocycles. The van der Waals surface area contributed by atoms with Crippen LogP contribution in [0, 0.1) is 6.92 Å². The van der Waals surface area contributed by atoms with Gasteiger partial charge in [-0.15, -0.1) is 0 Å². The first-order valence-electron chi connectivity index (χ1n) is 5.88. The molecule has 1 unspecified atom stereocenters. The van der Waals surface area contributed by atoms with Crippen LogP contribution in [0.3, 0.4) is 0 Å². The first-order valence-corrected chi connectivity index (χ1v) is 6.87. The number of carbonyl (C=O) groups is 1. The number of hydrogen-bond donors (Lipinski definition) is 2. The molecule has 0 saturated carbocycles. The summed E-state index contributed by atoms with van der Waals surface area (Å²) >= 11 is 1.59. The zero-order valence-electron chi connectivity index (χ0n) is 11.1. The van der Waals surface area contributed by atoms with E-state index >= 15 is 0 Å². The molecule has 0 spiro atoms. The van der Waals surface area contributed by atoms with Gasteiger partial charge in [-0.3, -0.25) is 4.79 Å². The number of nitrogens with one attached hydrogen (secondary N) is 1. The van der Waals surface area contributed by atoms with Crippen molar-refractivity contribution in [2.75, 3.05) is 12.8 Å². The third kappa shape index (κ3) is 4.27. The number of nitrogens with zero attached hydrogens (tertiary/aromatic N) is 2. The van der Waals surface area contributed by atoms with Gasteiger partial charge in [0, 0.05) is 18.1 Å². The monoisotopic (exact) mass is 268 g/mol. The summed E-state index contributed by atoms with van der Waals surface area (Å²) in [5.41, 5.74) is 5.78. The summed E-state index contributed by atoms with van der Waals surface area (Å²) in [6.07, 6.45) is 5.19. The number of carbonyl (C=O) groups excluding carboxylic acids is 1. The van der Waals surface area contributed by atoms with E-state index in [4.69, 9.17) is 5.73 Å². The Balaban J connectivity index is 2.34. The SMILES string of the molecule is CNC(C)(CCCSc1ncc(C)cn1)C(N)=O. The highest BCUT2D eigenvalue weighted by atomic mass is 32.2. The van der Waals surface area contributed by atoms with E-state index in [2.05, 4.69) is 15.3 Å². The fourth-order valence-corrected chi connectivity index (χ4v) is 2.14. The number of aryl methyl sites for hydroxylation is 1. The zero-order valence-corrected chi connectivity index (χ0v) is 11.9. The summed E-state index contributed by atoms with van der Waals surface area (Å²) in [5.74, 6) is 0.551. The minimum atomic E-state index is -0.630. The Kier molecular flexibility index (Phi) is 5.55. The fourth-order valence-electron chi connectivity index (χ4n) is 1.42. The van der Waals surface area contributed by atoms with Crippen molar-refractivity contribution >= 4 is 17.7 Å². The smallest absolute Gasteiger partial charge is 0.237 e.